The van der Waals surface area contributed by atoms with Crippen molar-refractivity contribution in [2.24, 2.45) is 14.1 Å². The Morgan fingerprint density at radius 3 is 2.32 bits per heavy atom. The highest BCUT2D eigenvalue weighted by molar-refractivity contribution is 7.89. The zero-order valence-electron chi connectivity index (χ0n) is 14.7. The summed E-state index contributed by atoms with van der Waals surface area (Å²) >= 11 is 0. The van der Waals surface area contributed by atoms with Crippen LogP contribution in [0.2, 0.25) is 0 Å². The Labute approximate surface area is 147 Å². The lowest BCUT2D eigenvalue weighted by Gasteiger charge is -2.18. The number of aryl methyl sites for hydroxylation is 3. The molecule has 25 heavy (non-hydrogen) atoms. The molecule has 3 aromatic rings. The first-order valence-electron chi connectivity index (χ1n) is 7.90. The molecule has 1 heterocycles. The summed E-state index contributed by atoms with van der Waals surface area (Å²) in [5.74, 6) is 0. The number of aromatic nitrogens is 2. The summed E-state index contributed by atoms with van der Waals surface area (Å²) in [5.41, 5.74) is 3.12. The molecule has 132 valence electrons. The normalized spacial score (nSPS) is 12.2. The van der Waals surface area contributed by atoms with Gasteiger partial charge in [0.05, 0.1) is 15.9 Å². The molecule has 6 nitrogen and oxygen atoms in total. The second-order valence-corrected chi connectivity index (χ2v) is 8.28. The number of hydrogen-bond donors (Lipinski definition) is 0. The Morgan fingerprint density at radius 1 is 1.00 bits per heavy atom. The van der Waals surface area contributed by atoms with E-state index >= 15 is 0 Å². The third kappa shape index (κ3) is 2.89. The Kier molecular flexibility index (Phi) is 4.30. The van der Waals surface area contributed by atoms with Crippen molar-refractivity contribution in [3.05, 3.63) is 64.1 Å². The van der Waals surface area contributed by atoms with Crippen molar-refractivity contribution in [1.29, 1.82) is 0 Å². The molecule has 3 rings (SSSR count). The van der Waals surface area contributed by atoms with E-state index in [1.54, 1.807) is 39.3 Å². The van der Waals surface area contributed by atoms with Crippen LogP contribution in [-0.4, -0.2) is 28.9 Å². The van der Waals surface area contributed by atoms with Crippen LogP contribution in [0.1, 0.15) is 11.1 Å². The van der Waals surface area contributed by atoms with Crippen molar-refractivity contribution >= 4 is 21.1 Å². The van der Waals surface area contributed by atoms with Gasteiger partial charge in [-0.25, -0.2) is 13.2 Å². The fourth-order valence-electron chi connectivity index (χ4n) is 2.94. The van der Waals surface area contributed by atoms with Gasteiger partial charge >= 0.3 is 5.69 Å². The number of rotatable bonds is 4. The molecular weight excluding hydrogens is 338 g/mol. The van der Waals surface area contributed by atoms with E-state index in [2.05, 4.69) is 0 Å². The van der Waals surface area contributed by atoms with E-state index in [-0.39, 0.29) is 10.6 Å². The number of nitrogens with zero attached hydrogens (tertiary/aromatic N) is 3. The molecule has 0 aliphatic rings. The average Bonchev–Trinajstić information content (AvgIpc) is 2.81. The summed E-state index contributed by atoms with van der Waals surface area (Å²) < 4.78 is 30.1. The lowest BCUT2D eigenvalue weighted by molar-refractivity contribution is 0.466. The van der Waals surface area contributed by atoms with Crippen LogP contribution in [-0.2, 0) is 30.7 Å². The molecule has 1 aromatic heterocycles. The Bertz CT molecular complexity index is 1110. The van der Waals surface area contributed by atoms with Crippen molar-refractivity contribution < 1.29 is 8.42 Å². The summed E-state index contributed by atoms with van der Waals surface area (Å²) in [6.07, 6.45) is 0. The number of hydrogen-bond acceptors (Lipinski definition) is 3. The molecule has 0 amide bonds. The molecule has 0 aliphatic heterocycles. The minimum Gasteiger partial charge on any atom is -0.295 e. The molecule has 0 radical (unpaired) electrons. The topological polar surface area (TPSA) is 64.3 Å². The van der Waals surface area contributed by atoms with Gasteiger partial charge in [0, 0.05) is 27.7 Å². The first-order valence-corrected chi connectivity index (χ1v) is 9.34. The van der Waals surface area contributed by atoms with E-state index in [1.807, 2.05) is 31.2 Å². The van der Waals surface area contributed by atoms with Crippen LogP contribution in [0.5, 0.6) is 0 Å². The number of imidazole rings is 1. The van der Waals surface area contributed by atoms with Crippen LogP contribution in [0.4, 0.5) is 0 Å². The molecule has 2 aromatic carbocycles. The Morgan fingerprint density at radius 2 is 1.64 bits per heavy atom. The number of sulfonamides is 1. The summed E-state index contributed by atoms with van der Waals surface area (Å²) in [7, 11) is 1.22. The van der Waals surface area contributed by atoms with Gasteiger partial charge in [0.25, 0.3) is 0 Å². The van der Waals surface area contributed by atoms with Crippen molar-refractivity contribution in [1.82, 2.24) is 13.4 Å². The van der Waals surface area contributed by atoms with Crippen molar-refractivity contribution in [2.45, 2.75) is 18.4 Å². The fraction of sp³-hybridized carbons (Fsp3) is 0.278. The maximum atomic E-state index is 12.9. The Balaban J connectivity index is 2.02. The van der Waals surface area contributed by atoms with Gasteiger partial charge < -0.3 is 0 Å². The van der Waals surface area contributed by atoms with Gasteiger partial charge in [-0.3, -0.25) is 9.13 Å². The van der Waals surface area contributed by atoms with Crippen molar-refractivity contribution in [2.75, 3.05) is 7.05 Å². The van der Waals surface area contributed by atoms with E-state index < -0.39 is 10.0 Å². The minimum atomic E-state index is -3.66. The van der Waals surface area contributed by atoms with Crippen LogP contribution in [0.25, 0.3) is 11.0 Å². The zero-order valence-corrected chi connectivity index (χ0v) is 15.5. The number of fused-ring (bicyclic) bond motifs is 1. The van der Waals surface area contributed by atoms with Crippen LogP contribution >= 0.6 is 0 Å². The van der Waals surface area contributed by atoms with Crippen LogP contribution in [0.3, 0.4) is 0 Å². The molecule has 0 saturated heterocycles. The van der Waals surface area contributed by atoms with Crippen molar-refractivity contribution in [3.63, 3.8) is 0 Å². The minimum absolute atomic E-state index is 0.178. The summed E-state index contributed by atoms with van der Waals surface area (Å²) in [5, 5.41) is 0. The average molecular weight is 359 g/mol. The lowest BCUT2D eigenvalue weighted by Crippen LogP contribution is -2.26. The molecular formula is C18H21N3O3S. The fourth-order valence-corrected chi connectivity index (χ4v) is 4.11. The summed E-state index contributed by atoms with van der Waals surface area (Å²) in [6.45, 7) is 2.25. The van der Waals surface area contributed by atoms with Gasteiger partial charge in [-0.1, -0.05) is 24.3 Å². The molecule has 0 saturated carbocycles. The van der Waals surface area contributed by atoms with Crippen LogP contribution < -0.4 is 5.69 Å². The summed E-state index contributed by atoms with van der Waals surface area (Å²) in [4.78, 5) is 12.2. The zero-order chi connectivity index (χ0) is 18.4. The molecule has 7 heteroatoms. The van der Waals surface area contributed by atoms with Crippen molar-refractivity contribution in [3.8, 4) is 0 Å². The largest absolute Gasteiger partial charge is 0.328 e. The van der Waals surface area contributed by atoms with E-state index in [0.29, 0.717) is 17.6 Å². The van der Waals surface area contributed by atoms with Gasteiger partial charge in [-0.05, 0) is 36.2 Å². The third-order valence-electron chi connectivity index (χ3n) is 4.61. The van der Waals surface area contributed by atoms with Gasteiger partial charge in [0.2, 0.25) is 10.0 Å². The molecule has 0 atom stereocenters. The quantitative estimate of drug-likeness (QED) is 0.716. The Hall–Kier alpha value is -2.38. The summed E-state index contributed by atoms with van der Waals surface area (Å²) in [6, 6.07) is 12.5. The third-order valence-corrected chi connectivity index (χ3v) is 6.41. The lowest BCUT2D eigenvalue weighted by atomic mass is 10.1. The molecule has 0 spiro atoms. The molecule has 0 bridgehead atoms. The first kappa shape index (κ1) is 17.4. The smallest absolute Gasteiger partial charge is 0.295 e. The standard InChI is InChI=1S/C18H21N3O3S/c1-13-7-5-6-8-14(13)12-19(2)25(23,24)15-9-10-16-17(11-15)21(4)18(22)20(16)3/h5-11H,12H2,1-4H3. The second-order valence-electron chi connectivity index (χ2n) is 6.24. The van der Waals surface area contributed by atoms with E-state index in [9.17, 15) is 13.2 Å². The van der Waals surface area contributed by atoms with Gasteiger partial charge in [-0.15, -0.1) is 0 Å². The molecule has 0 unspecified atom stereocenters. The highest BCUT2D eigenvalue weighted by Gasteiger charge is 2.23. The SMILES string of the molecule is Cc1ccccc1CN(C)S(=O)(=O)c1ccc2c(c1)n(C)c(=O)n2C. The van der Waals surface area contributed by atoms with Gasteiger partial charge in [0.1, 0.15) is 0 Å². The molecule has 0 aliphatic carbocycles. The van der Waals surface area contributed by atoms with E-state index in [4.69, 9.17) is 0 Å². The maximum Gasteiger partial charge on any atom is 0.328 e. The van der Waals surface area contributed by atoms with Crippen LogP contribution in [0, 0.1) is 6.92 Å². The predicted molar refractivity (Wildman–Crippen MR) is 98.0 cm³/mol. The first-order chi connectivity index (χ1) is 11.7. The molecule has 0 fully saturated rings. The number of benzene rings is 2. The van der Waals surface area contributed by atoms with Gasteiger partial charge in [-0.2, -0.15) is 4.31 Å². The second kappa shape index (κ2) is 6.16. The maximum absolute atomic E-state index is 12.9. The van der Waals surface area contributed by atoms with E-state index in [1.165, 1.54) is 13.4 Å². The highest BCUT2D eigenvalue weighted by Crippen LogP contribution is 2.22. The highest BCUT2D eigenvalue weighted by atomic mass is 32.2. The van der Waals surface area contributed by atoms with Crippen LogP contribution in [0.15, 0.2) is 52.2 Å². The predicted octanol–water partition coefficient (Wildman–Crippen LogP) is 2.01. The monoisotopic (exact) mass is 359 g/mol. The van der Waals surface area contributed by atoms with E-state index in [0.717, 1.165) is 11.1 Å². The van der Waals surface area contributed by atoms with Gasteiger partial charge in [0.15, 0.2) is 0 Å². The molecule has 0 N–H and O–H groups in total.